The van der Waals surface area contributed by atoms with Crippen molar-refractivity contribution in [3.8, 4) is 11.5 Å². The number of aryl methyl sites for hydroxylation is 1. The number of hydrogen-bond donors (Lipinski definition) is 0. The molecule has 3 aromatic rings. The van der Waals surface area contributed by atoms with Gasteiger partial charge >= 0.3 is 0 Å². The summed E-state index contributed by atoms with van der Waals surface area (Å²) in [6.45, 7) is 4.20. The van der Waals surface area contributed by atoms with Crippen molar-refractivity contribution in [2.24, 2.45) is 0 Å². The Morgan fingerprint density at radius 2 is 1.55 bits per heavy atom. The highest BCUT2D eigenvalue weighted by molar-refractivity contribution is 5.76. The van der Waals surface area contributed by atoms with Crippen molar-refractivity contribution >= 4 is 5.91 Å². The van der Waals surface area contributed by atoms with Crippen molar-refractivity contribution < 1.29 is 9.21 Å². The minimum Gasteiger partial charge on any atom is -0.421 e. The average Bonchev–Trinajstić information content (AvgIpc) is 3.27. The third-order valence-corrected chi connectivity index (χ3v) is 5.32. The number of piperazine rings is 1. The molecular formula is C23H26N4O2. The third-order valence-electron chi connectivity index (χ3n) is 5.32. The summed E-state index contributed by atoms with van der Waals surface area (Å²) >= 11 is 0. The Hall–Kier alpha value is -2.99. The Labute approximate surface area is 171 Å². The predicted octanol–water partition coefficient (Wildman–Crippen LogP) is 3.06. The number of rotatable bonds is 7. The van der Waals surface area contributed by atoms with Gasteiger partial charge in [0.25, 0.3) is 0 Å². The molecule has 1 amide bonds. The monoisotopic (exact) mass is 390 g/mol. The molecule has 4 rings (SSSR count). The zero-order valence-electron chi connectivity index (χ0n) is 16.5. The van der Waals surface area contributed by atoms with Crippen LogP contribution in [0.25, 0.3) is 11.5 Å². The van der Waals surface area contributed by atoms with Gasteiger partial charge in [-0.3, -0.25) is 9.69 Å². The number of carbonyl (C=O) groups excluding carboxylic acids is 1. The Morgan fingerprint density at radius 3 is 2.28 bits per heavy atom. The molecule has 0 bridgehead atoms. The molecule has 29 heavy (non-hydrogen) atoms. The summed E-state index contributed by atoms with van der Waals surface area (Å²) in [6, 6.07) is 20.0. The van der Waals surface area contributed by atoms with Crippen LogP contribution in [0.5, 0.6) is 0 Å². The molecule has 1 aliphatic heterocycles. The lowest BCUT2D eigenvalue weighted by atomic mass is 10.1. The Balaban J connectivity index is 1.19. The van der Waals surface area contributed by atoms with Gasteiger partial charge in [-0.15, -0.1) is 10.2 Å². The molecule has 1 aromatic heterocycles. The second kappa shape index (κ2) is 9.47. The van der Waals surface area contributed by atoms with Crippen molar-refractivity contribution in [2.75, 3.05) is 32.7 Å². The van der Waals surface area contributed by atoms with Crippen LogP contribution in [-0.4, -0.2) is 58.6 Å². The van der Waals surface area contributed by atoms with Gasteiger partial charge in [0.15, 0.2) is 0 Å². The standard InChI is InChI=1S/C23H26N4O2/c28-22(12-11-19-7-3-1-4-8-19)27-17-15-26(16-18-27)14-13-21-24-25-23(29-21)20-9-5-2-6-10-20/h1-10H,11-18H2. The first-order valence-corrected chi connectivity index (χ1v) is 10.2. The maximum absolute atomic E-state index is 12.5. The van der Waals surface area contributed by atoms with Crippen molar-refractivity contribution in [3.05, 3.63) is 72.1 Å². The van der Waals surface area contributed by atoms with Gasteiger partial charge in [0.2, 0.25) is 17.7 Å². The highest BCUT2D eigenvalue weighted by Gasteiger charge is 2.21. The van der Waals surface area contributed by atoms with Crippen LogP contribution in [0.1, 0.15) is 17.9 Å². The molecule has 6 nitrogen and oxygen atoms in total. The summed E-state index contributed by atoms with van der Waals surface area (Å²) in [5.41, 5.74) is 2.16. The van der Waals surface area contributed by atoms with E-state index in [4.69, 9.17) is 4.42 Å². The third kappa shape index (κ3) is 5.29. The molecule has 0 spiro atoms. The molecular weight excluding hydrogens is 364 g/mol. The zero-order valence-corrected chi connectivity index (χ0v) is 16.5. The van der Waals surface area contributed by atoms with E-state index >= 15 is 0 Å². The van der Waals surface area contributed by atoms with Gasteiger partial charge in [-0.25, -0.2) is 0 Å². The largest absolute Gasteiger partial charge is 0.421 e. The topological polar surface area (TPSA) is 62.5 Å². The van der Waals surface area contributed by atoms with Crippen LogP contribution in [-0.2, 0) is 17.6 Å². The molecule has 0 aliphatic carbocycles. The van der Waals surface area contributed by atoms with Gasteiger partial charge in [0.1, 0.15) is 0 Å². The smallest absolute Gasteiger partial charge is 0.247 e. The summed E-state index contributed by atoms with van der Waals surface area (Å²) in [5, 5.41) is 8.31. The molecule has 1 aliphatic rings. The van der Waals surface area contributed by atoms with E-state index in [0.717, 1.165) is 51.1 Å². The lowest BCUT2D eigenvalue weighted by Gasteiger charge is -2.34. The minimum absolute atomic E-state index is 0.248. The van der Waals surface area contributed by atoms with Gasteiger partial charge in [0.05, 0.1) is 0 Å². The maximum atomic E-state index is 12.5. The number of amides is 1. The van der Waals surface area contributed by atoms with Crippen LogP contribution in [0, 0.1) is 0 Å². The van der Waals surface area contributed by atoms with E-state index in [1.165, 1.54) is 5.56 Å². The fourth-order valence-electron chi connectivity index (χ4n) is 3.58. The SMILES string of the molecule is O=C(CCc1ccccc1)N1CCN(CCc2nnc(-c3ccccc3)o2)CC1. The molecule has 0 unspecified atom stereocenters. The predicted molar refractivity (Wildman–Crippen MR) is 111 cm³/mol. The van der Waals surface area contributed by atoms with Gasteiger partial charge in [-0.1, -0.05) is 48.5 Å². The first-order chi connectivity index (χ1) is 14.3. The van der Waals surface area contributed by atoms with Gasteiger partial charge in [-0.2, -0.15) is 0 Å². The van der Waals surface area contributed by atoms with Gasteiger partial charge < -0.3 is 9.32 Å². The van der Waals surface area contributed by atoms with Crippen molar-refractivity contribution in [2.45, 2.75) is 19.3 Å². The molecule has 0 N–H and O–H groups in total. The van der Waals surface area contributed by atoms with E-state index in [9.17, 15) is 4.79 Å². The van der Waals surface area contributed by atoms with Crippen LogP contribution < -0.4 is 0 Å². The van der Waals surface area contributed by atoms with Crippen molar-refractivity contribution in [1.82, 2.24) is 20.0 Å². The summed E-state index contributed by atoms with van der Waals surface area (Å²) in [5.74, 6) is 1.47. The fraction of sp³-hybridized carbons (Fsp3) is 0.348. The van der Waals surface area contributed by atoms with Gasteiger partial charge in [0, 0.05) is 51.1 Å². The molecule has 150 valence electrons. The lowest BCUT2D eigenvalue weighted by molar-refractivity contribution is -0.132. The number of carbonyl (C=O) groups is 1. The number of hydrogen-bond acceptors (Lipinski definition) is 5. The summed E-state index contributed by atoms with van der Waals surface area (Å²) in [7, 11) is 0. The molecule has 1 saturated heterocycles. The van der Waals surface area contributed by atoms with E-state index in [-0.39, 0.29) is 5.91 Å². The van der Waals surface area contributed by atoms with Crippen molar-refractivity contribution in [1.29, 1.82) is 0 Å². The van der Waals surface area contributed by atoms with Gasteiger partial charge in [-0.05, 0) is 24.1 Å². The Bertz CT molecular complexity index is 903. The molecule has 6 heteroatoms. The lowest BCUT2D eigenvalue weighted by Crippen LogP contribution is -2.49. The average molecular weight is 390 g/mol. The normalized spacial score (nSPS) is 14.8. The highest BCUT2D eigenvalue weighted by Crippen LogP contribution is 2.17. The van der Waals surface area contributed by atoms with E-state index in [1.807, 2.05) is 53.4 Å². The summed E-state index contributed by atoms with van der Waals surface area (Å²) < 4.78 is 5.78. The van der Waals surface area contributed by atoms with E-state index in [2.05, 4.69) is 27.2 Å². The van der Waals surface area contributed by atoms with E-state index in [0.29, 0.717) is 18.2 Å². The molecule has 1 fully saturated rings. The number of nitrogens with zero attached hydrogens (tertiary/aromatic N) is 4. The van der Waals surface area contributed by atoms with Crippen LogP contribution in [0.15, 0.2) is 65.1 Å². The molecule has 0 saturated carbocycles. The number of aromatic nitrogens is 2. The molecule has 2 heterocycles. The van der Waals surface area contributed by atoms with E-state index in [1.54, 1.807) is 0 Å². The summed E-state index contributed by atoms with van der Waals surface area (Å²) in [6.07, 6.45) is 2.11. The fourth-order valence-corrected chi connectivity index (χ4v) is 3.58. The molecule has 0 atom stereocenters. The molecule has 2 aromatic carbocycles. The first kappa shape index (κ1) is 19.3. The van der Waals surface area contributed by atoms with Crippen LogP contribution >= 0.6 is 0 Å². The zero-order chi connectivity index (χ0) is 19.9. The minimum atomic E-state index is 0.248. The second-order valence-electron chi connectivity index (χ2n) is 7.33. The maximum Gasteiger partial charge on any atom is 0.247 e. The quantitative estimate of drug-likeness (QED) is 0.620. The summed E-state index contributed by atoms with van der Waals surface area (Å²) in [4.78, 5) is 16.8. The van der Waals surface area contributed by atoms with Crippen molar-refractivity contribution in [3.63, 3.8) is 0 Å². The number of benzene rings is 2. The van der Waals surface area contributed by atoms with E-state index < -0.39 is 0 Å². The van der Waals surface area contributed by atoms with Crippen LogP contribution in [0.4, 0.5) is 0 Å². The first-order valence-electron chi connectivity index (χ1n) is 10.2. The Morgan fingerprint density at radius 1 is 0.862 bits per heavy atom. The molecule has 0 radical (unpaired) electrons. The Kier molecular flexibility index (Phi) is 6.32. The van der Waals surface area contributed by atoms with Crippen LogP contribution in [0.3, 0.4) is 0 Å². The highest BCUT2D eigenvalue weighted by atomic mass is 16.4. The van der Waals surface area contributed by atoms with Crippen LogP contribution in [0.2, 0.25) is 0 Å². The second-order valence-corrected chi connectivity index (χ2v) is 7.33.